The van der Waals surface area contributed by atoms with Crippen LogP contribution in [-0.2, 0) is 9.53 Å². The summed E-state index contributed by atoms with van der Waals surface area (Å²) in [7, 11) is 0. The second kappa shape index (κ2) is 4.90. The van der Waals surface area contributed by atoms with Crippen LogP contribution in [0.4, 0.5) is 0 Å². The predicted octanol–water partition coefficient (Wildman–Crippen LogP) is 3.48. The van der Waals surface area contributed by atoms with Crippen molar-refractivity contribution in [2.75, 3.05) is 6.61 Å². The topological polar surface area (TPSA) is 70.1 Å². The Morgan fingerprint density at radius 2 is 2.12 bits per heavy atom. The monoisotopic (exact) mass is 356 g/mol. The molecule has 4 aliphatic carbocycles. The standard InChI is InChI=1S/C22H28O4/c1-12-8-16-15-5-4-13-9-14(24)6-7-21(13,3)22(15)18(26-22)10-20(16,2)19(12)17(25)11-23/h6-7,9,12,15-16,18,23,25H,4-5,8,10-11H2,1-3H3/t12-,15+,16+,18+,20+,21+,22-/m1/s1. The van der Waals surface area contributed by atoms with Gasteiger partial charge in [-0.15, -0.1) is 0 Å². The summed E-state index contributed by atoms with van der Waals surface area (Å²) in [6, 6.07) is 0. The van der Waals surface area contributed by atoms with Gasteiger partial charge in [-0.25, -0.2) is 0 Å². The number of carbonyl (C=O) groups is 1. The van der Waals surface area contributed by atoms with Gasteiger partial charge in [-0.3, -0.25) is 4.79 Å². The van der Waals surface area contributed by atoms with E-state index in [2.05, 4.69) is 26.8 Å². The lowest BCUT2D eigenvalue weighted by atomic mass is 9.48. The minimum Gasteiger partial charge on any atom is -0.510 e. The van der Waals surface area contributed by atoms with Crippen LogP contribution >= 0.6 is 0 Å². The minimum atomic E-state index is -0.279. The van der Waals surface area contributed by atoms with E-state index in [1.54, 1.807) is 6.08 Å². The third kappa shape index (κ3) is 1.71. The van der Waals surface area contributed by atoms with Crippen molar-refractivity contribution in [2.45, 2.75) is 58.2 Å². The molecule has 26 heavy (non-hydrogen) atoms. The number of hydrogen-bond donors (Lipinski definition) is 2. The molecular weight excluding hydrogens is 328 g/mol. The molecule has 4 nitrogen and oxygen atoms in total. The summed E-state index contributed by atoms with van der Waals surface area (Å²) in [5.74, 6) is 1.43. The highest BCUT2D eigenvalue weighted by molar-refractivity contribution is 6.01. The molecule has 140 valence electrons. The Hall–Kier alpha value is -1.39. The van der Waals surface area contributed by atoms with E-state index in [4.69, 9.17) is 4.74 Å². The summed E-state index contributed by atoms with van der Waals surface area (Å²) < 4.78 is 6.51. The van der Waals surface area contributed by atoms with Gasteiger partial charge in [0, 0.05) is 5.41 Å². The molecule has 1 heterocycles. The smallest absolute Gasteiger partial charge is 0.178 e. The van der Waals surface area contributed by atoms with Crippen LogP contribution in [-0.4, -0.2) is 34.3 Å². The van der Waals surface area contributed by atoms with Crippen molar-refractivity contribution in [2.24, 2.45) is 28.6 Å². The first kappa shape index (κ1) is 16.8. The third-order valence-corrected chi connectivity index (χ3v) is 8.50. The summed E-state index contributed by atoms with van der Waals surface area (Å²) in [5.41, 5.74) is 1.79. The quantitative estimate of drug-likeness (QED) is 0.557. The van der Waals surface area contributed by atoms with E-state index in [0.717, 1.165) is 31.3 Å². The zero-order valence-electron chi connectivity index (χ0n) is 15.8. The van der Waals surface area contributed by atoms with Gasteiger partial charge in [0.2, 0.25) is 0 Å². The molecule has 0 amide bonds. The maximum Gasteiger partial charge on any atom is 0.178 e. The molecule has 5 rings (SSSR count). The molecule has 0 aromatic heterocycles. The minimum absolute atomic E-state index is 0.0951. The molecule has 1 spiro atoms. The molecule has 5 aliphatic rings. The first-order valence-electron chi connectivity index (χ1n) is 9.93. The van der Waals surface area contributed by atoms with E-state index in [-0.39, 0.29) is 40.7 Å². The lowest BCUT2D eigenvalue weighted by Crippen LogP contribution is -2.56. The van der Waals surface area contributed by atoms with Crippen molar-refractivity contribution in [3.63, 3.8) is 0 Å². The molecule has 0 aromatic carbocycles. The predicted molar refractivity (Wildman–Crippen MR) is 97.4 cm³/mol. The van der Waals surface area contributed by atoms with Crippen molar-refractivity contribution in [3.8, 4) is 0 Å². The Balaban J connectivity index is 1.61. The van der Waals surface area contributed by atoms with Crippen molar-refractivity contribution < 1.29 is 19.7 Å². The van der Waals surface area contributed by atoms with Gasteiger partial charge in [-0.2, -0.15) is 0 Å². The summed E-state index contributed by atoms with van der Waals surface area (Å²) in [5, 5.41) is 20.0. The van der Waals surface area contributed by atoms with E-state index in [1.807, 2.05) is 6.08 Å². The average Bonchev–Trinajstić information content (AvgIpc) is 3.24. The largest absolute Gasteiger partial charge is 0.510 e. The van der Waals surface area contributed by atoms with Crippen LogP contribution in [0, 0.1) is 28.6 Å². The summed E-state index contributed by atoms with van der Waals surface area (Å²) in [4.78, 5) is 11.9. The van der Waals surface area contributed by atoms with Crippen LogP contribution < -0.4 is 0 Å². The second-order valence-electron chi connectivity index (χ2n) is 9.54. The van der Waals surface area contributed by atoms with Gasteiger partial charge in [0.05, 0.1) is 6.10 Å². The first-order chi connectivity index (χ1) is 12.3. The SMILES string of the molecule is C[C@@H]1C[C@H]2[C@@H]3CCC4=CC(=O)C=C[C@]4(C)[C@@]34O[C@H]4C[C@]2(C)C1=C(O)CO. The summed E-state index contributed by atoms with van der Waals surface area (Å²) in [6.45, 7) is 6.41. The number of allylic oxidation sites excluding steroid dienone is 3. The molecule has 3 saturated carbocycles. The Bertz CT molecular complexity index is 792. The maximum atomic E-state index is 11.9. The fourth-order valence-corrected chi connectivity index (χ4v) is 7.50. The van der Waals surface area contributed by atoms with Crippen LogP contribution in [0.15, 0.2) is 35.1 Å². The second-order valence-corrected chi connectivity index (χ2v) is 9.54. The molecular formula is C22H28O4. The zero-order chi connectivity index (χ0) is 18.5. The highest BCUT2D eigenvalue weighted by Gasteiger charge is 2.78. The highest BCUT2D eigenvalue weighted by atomic mass is 16.6. The van der Waals surface area contributed by atoms with Gasteiger partial charge in [0.1, 0.15) is 18.0 Å². The van der Waals surface area contributed by atoms with Gasteiger partial charge in [-0.05, 0) is 73.5 Å². The van der Waals surface area contributed by atoms with Crippen molar-refractivity contribution in [1.29, 1.82) is 0 Å². The van der Waals surface area contributed by atoms with Gasteiger partial charge in [-0.1, -0.05) is 25.5 Å². The Labute approximate surface area is 154 Å². The molecule has 0 aromatic rings. The molecule has 0 radical (unpaired) electrons. The van der Waals surface area contributed by atoms with Crippen molar-refractivity contribution >= 4 is 5.78 Å². The summed E-state index contributed by atoms with van der Waals surface area (Å²) in [6.07, 6.45) is 9.72. The van der Waals surface area contributed by atoms with Gasteiger partial charge in [0.25, 0.3) is 0 Å². The molecule has 1 saturated heterocycles. The Morgan fingerprint density at radius 1 is 1.35 bits per heavy atom. The third-order valence-electron chi connectivity index (χ3n) is 8.50. The number of epoxide rings is 1. The number of carbonyl (C=O) groups excluding carboxylic acids is 1. The van der Waals surface area contributed by atoms with Gasteiger partial charge in [0.15, 0.2) is 5.78 Å². The van der Waals surface area contributed by atoms with Crippen LogP contribution in [0.3, 0.4) is 0 Å². The average molecular weight is 356 g/mol. The van der Waals surface area contributed by atoms with E-state index < -0.39 is 0 Å². The van der Waals surface area contributed by atoms with E-state index in [0.29, 0.717) is 17.8 Å². The maximum absolute atomic E-state index is 11.9. The fourth-order valence-electron chi connectivity index (χ4n) is 7.50. The Morgan fingerprint density at radius 3 is 2.85 bits per heavy atom. The molecule has 7 atom stereocenters. The molecule has 4 heteroatoms. The normalized spacial score (nSPS) is 53.2. The zero-order valence-corrected chi connectivity index (χ0v) is 15.8. The van der Waals surface area contributed by atoms with Crippen molar-refractivity contribution in [1.82, 2.24) is 0 Å². The molecule has 1 aliphatic heterocycles. The van der Waals surface area contributed by atoms with Crippen molar-refractivity contribution in [3.05, 3.63) is 35.1 Å². The van der Waals surface area contributed by atoms with E-state index >= 15 is 0 Å². The van der Waals surface area contributed by atoms with Crippen LogP contribution in [0.1, 0.15) is 46.5 Å². The molecule has 2 N–H and O–H groups in total. The number of aliphatic hydroxyl groups is 2. The number of ether oxygens (including phenoxy) is 1. The number of fused-ring (bicyclic) bond motifs is 3. The van der Waals surface area contributed by atoms with E-state index in [1.165, 1.54) is 5.57 Å². The Kier molecular flexibility index (Phi) is 3.16. The number of hydrogen-bond acceptors (Lipinski definition) is 4. The highest BCUT2D eigenvalue weighted by Crippen LogP contribution is 2.75. The number of rotatable bonds is 1. The van der Waals surface area contributed by atoms with Crippen LogP contribution in [0.2, 0.25) is 0 Å². The van der Waals surface area contributed by atoms with Crippen LogP contribution in [0.25, 0.3) is 0 Å². The first-order valence-corrected chi connectivity index (χ1v) is 9.93. The molecule has 4 fully saturated rings. The lowest BCUT2D eigenvalue weighted by molar-refractivity contribution is -0.111. The van der Waals surface area contributed by atoms with Crippen LogP contribution in [0.5, 0.6) is 0 Å². The molecule has 0 unspecified atom stereocenters. The summed E-state index contributed by atoms with van der Waals surface area (Å²) >= 11 is 0. The van der Waals surface area contributed by atoms with Gasteiger partial charge >= 0.3 is 0 Å². The lowest BCUT2D eigenvalue weighted by Gasteiger charge is -2.53. The van der Waals surface area contributed by atoms with E-state index in [9.17, 15) is 15.0 Å². The van der Waals surface area contributed by atoms with Gasteiger partial charge < -0.3 is 14.9 Å². The number of aliphatic hydroxyl groups excluding tert-OH is 2. The molecule has 0 bridgehead atoms. The fraction of sp³-hybridized carbons (Fsp3) is 0.682. The number of ketones is 1.